The van der Waals surface area contributed by atoms with E-state index in [1.54, 1.807) is 7.11 Å². The summed E-state index contributed by atoms with van der Waals surface area (Å²) < 4.78 is 5.13. The molecule has 1 rings (SSSR count). The Balaban J connectivity index is 2.61. The Morgan fingerprint density at radius 1 is 1.33 bits per heavy atom. The summed E-state index contributed by atoms with van der Waals surface area (Å²) in [5, 5.41) is 0. The first-order valence-corrected chi connectivity index (χ1v) is 5.50. The van der Waals surface area contributed by atoms with Crippen LogP contribution in [0, 0.1) is 11.3 Å². The van der Waals surface area contributed by atoms with E-state index in [-0.39, 0.29) is 5.78 Å². The zero-order chi connectivity index (χ0) is 11.3. The molecule has 0 atom stereocenters. The number of hydrogen-bond acceptors (Lipinski definition) is 2. The van der Waals surface area contributed by atoms with Crippen LogP contribution in [0.15, 0.2) is 24.3 Å². The Kier molecular flexibility index (Phi) is 4.28. The Morgan fingerprint density at radius 2 is 1.93 bits per heavy atom. The van der Waals surface area contributed by atoms with Crippen LogP contribution in [0.5, 0.6) is 0 Å². The highest BCUT2D eigenvalue weighted by Crippen LogP contribution is 2.30. The third-order valence-corrected chi connectivity index (χ3v) is 2.75. The molecular weight excluding hydrogens is 188 g/mol. The van der Waals surface area contributed by atoms with E-state index in [0.29, 0.717) is 18.9 Å². The molecule has 2 heteroatoms. The number of ether oxygens (including phenoxy) is 1. The van der Waals surface area contributed by atoms with Crippen molar-refractivity contribution in [1.82, 2.24) is 0 Å². The van der Waals surface area contributed by atoms with E-state index in [4.69, 9.17) is 4.74 Å². The molecule has 0 N–H and O–H groups in total. The van der Waals surface area contributed by atoms with Crippen molar-refractivity contribution in [1.29, 1.82) is 0 Å². The van der Waals surface area contributed by atoms with E-state index in [2.05, 4.69) is 13.8 Å². The fourth-order valence-corrected chi connectivity index (χ4v) is 1.76. The van der Waals surface area contributed by atoms with E-state index in [1.807, 2.05) is 24.3 Å². The van der Waals surface area contributed by atoms with E-state index in [9.17, 15) is 4.79 Å². The summed E-state index contributed by atoms with van der Waals surface area (Å²) in [6, 6.07) is 0. The molecule has 15 heavy (non-hydrogen) atoms. The summed E-state index contributed by atoms with van der Waals surface area (Å²) >= 11 is 0. The quantitative estimate of drug-likeness (QED) is 0.671. The highest BCUT2D eigenvalue weighted by Gasteiger charge is 2.33. The third kappa shape index (κ3) is 3.03. The largest absolute Gasteiger partial charge is 0.383 e. The second kappa shape index (κ2) is 5.26. The molecule has 1 aliphatic carbocycles. The predicted octanol–water partition coefficient (Wildman–Crippen LogP) is 2.75. The van der Waals surface area contributed by atoms with Crippen molar-refractivity contribution in [2.75, 3.05) is 13.7 Å². The molecule has 0 aromatic heterocycles. The lowest BCUT2D eigenvalue weighted by molar-refractivity contribution is -0.126. The molecule has 0 heterocycles. The van der Waals surface area contributed by atoms with Crippen LogP contribution in [0.1, 0.15) is 26.7 Å². The normalized spacial score (nSPS) is 17.6. The first-order valence-electron chi connectivity index (χ1n) is 5.50. The Labute approximate surface area is 92.0 Å². The minimum atomic E-state index is -0.482. The summed E-state index contributed by atoms with van der Waals surface area (Å²) in [5.74, 6) is 0.839. The lowest BCUT2D eigenvalue weighted by Crippen LogP contribution is -2.30. The first kappa shape index (κ1) is 12.2. The average molecular weight is 208 g/mol. The van der Waals surface area contributed by atoms with Crippen molar-refractivity contribution in [2.24, 2.45) is 11.3 Å². The van der Waals surface area contributed by atoms with Crippen LogP contribution >= 0.6 is 0 Å². The van der Waals surface area contributed by atoms with Crippen LogP contribution in [0.4, 0.5) is 0 Å². The maximum absolute atomic E-state index is 12.1. The van der Waals surface area contributed by atoms with Crippen molar-refractivity contribution in [2.45, 2.75) is 26.7 Å². The number of Topliss-reactive ketones (excluding diaryl/α,β-unsaturated/α-hetero) is 1. The molecule has 0 fully saturated rings. The van der Waals surface area contributed by atoms with Gasteiger partial charge in [0.2, 0.25) is 0 Å². The van der Waals surface area contributed by atoms with Gasteiger partial charge in [0.05, 0.1) is 12.0 Å². The summed E-state index contributed by atoms with van der Waals surface area (Å²) in [6.45, 7) is 4.73. The molecular formula is C13H20O2. The zero-order valence-corrected chi connectivity index (χ0v) is 9.82. The fraction of sp³-hybridized carbons (Fsp3) is 0.615. The summed E-state index contributed by atoms with van der Waals surface area (Å²) in [4.78, 5) is 12.1. The Bertz CT molecular complexity index is 262. The van der Waals surface area contributed by atoms with Gasteiger partial charge in [-0.25, -0.2) is 0 Å². The number of allylic oxidation sites excluding steroid dienone is 2. The van der Waals surface area contributed by atoms with Crippen molar-refractivity contribution < 1.29 is 9.53 Å². The molecule has 0 radical (unpaired) electrons. The summed E-state index contributed by atoms with van der Waals surface area (Å²) in [7, 11) is 1.64. The van der Waals surface area contributed by atoms with E-state index >= 15 is 0 Å². The van der Waals surface area contributed by atoms with Gasteiger partial charge in [0.25, 0.3) is 0 Å². The molecule has 0 amide bonds. The standard InChI is InChI=1S/C13H20O2/c1-11(2)6-7-12(14)13(10-15-3)8-4-5-9-13/h4-5,8-9,11H,6-7,10H2,1-3H3. The maximum atomic E-state index is 12.1. The van der Waals surface area contributed by atoms with Gasteiger partial charge in [-0.3, -0.25) is 4.79 Å². The summed E-state index contributed by atoms with van der Waals surface area (Å²) in [6.07, 6.45) is 9.32. The third-order valence-electron chi connectivity index (χ3n) is 2.75. The maximum Gasteiger partial charge on any atom is 0.148 e. The molecule has 0 aromatic carbocycles. The van der Waals surface area contributed by atoms with Gasteiger partial charge in [-0.05, 0) is 12.3 Å². The topological polar surface area (TPSA) is 26.3 Å². The monoisotopic (exact) mass is 208 g/mol. The van der Waals surface area contributed by atoms with Gasteiger partial charge in [-0.2, -0.15) is 0 Å². The van der Waals surface area contributed by atoms with E-state index in [1.165, 1.54) is 0 Å². The van der Waals surface area contributed by atoms with E-state index in [0.717, 1.165) is 6.42 Å². The molecule has 0 saturated carbocycles. The average Bonchev–Trinajstić information content (AvgIpc) is 2.64. The van der Waals surface area contributed by atoms with Gasteiger partial charge >= 0.3 is 0 Å². The van der Waals surface area contributed by atoms with Gasteiger partial charge < -0.3 is 4.74 Å². The van der Waals surface area contributed by atoms with E-state index < -0.39 is 5.41 Å². The predicted molar refractivity (Wildman–Crippen MR) is 61.7 cm³/mol. The van der Waals surface area contributed by atoms with Gasteiger partial charge in [0.15, 0.2) is 0 Å². The van der Waals surface area contributed by atoms with Crippen LogP contribution in [0.25, 0.3) is 0 Å². The molecule has 0 saturated heterocycles. The van der Waals surface area contributed by atoms with Crippen molar-refractivity contribution in [3.63, 3.8) is 0 Å². The lowest BCUT2D eigenvalue weighted by Gasteiger charge is -2.23. The number of carbonyl (C=O) groups is 1. The molecule has 0 bridgehead atoms. The smallest absolute Gasteiger partial charge is 0.148 e. The number of methoxy groups -OCH3 is 1. The molecule has 0 spiro atoms. The molecule has 0 unspecified atom stereocenters. The van der Waals surface area contributed by atoms with Crippen molar-refractivity contribution in [3.05, 3.63) is 24.3 Å². The summed E-state index contributed by atoms with van der Waals surface area (Å²) in [5.41, 5.74) is -0.482. The molecule has 84 valence electrons. The number of hydrogen-bond donors (Lipinski definition) is 0. The van der Waals surface area contributed by atoms with Crippen molar-refractivity contribution in [3.8, 4) is 0 Å². The van der Waals surface area contributed by atoms with Crippen LogP contribution in [-0.4, -0.2) is 19.5 Å². The fourth-order valence-electron chi connectivity index (χ4n) is 1.76. The Hall–Kier alpha value is -0.890. The minimum absolute atomic E-state index is 0.267. The van der Waals surface area contributed by atoms with Crippen LogP contribution in [0.2, 0.25) is 0 Å². The molecule has 2 nitrogen and oxygen atoms in total. The highest BCUT2D eigenvalue weighted by atomic mass is 16.5. The SMILES string of the molecule is COCC1(C(=O)CCC(C)C)C=CC=C1. The number of rotatable bonds is 6. The van der Waals surface area contributed by atoms with Crippen LogP contribution in [0.3, 0.4) is 0 Å². The van der Waals surface area contributed by atoms with Crippen molar-refractivity contribution >= 4 is 5.78 Å². The van der Waals surface area contributed by atoms with Gasteiger partial charge in [0, 0.05) is 13.5 Å². The minimum Gasteiger partial charge on any atom is -0.383 e. The first-order chi connectivity index (χ1) is 7.10. The second-order valence-corrected chi connectivity index (χ2v) is 4.55. The highest BCUT2D eigenvalue weighted by molar-refractivity contribution is 5.89. The zero-order valence-electron chi connectivity index (χ0n) is 9.82. The second-order valence-electron chi connectivity index (χ2n) is 4.55. The molecule has 0 aliphatic heterocycles. The lowest BCUT2D eigenvalue weighted by atomic mass is 9.83. The Morgan fingerprint density at radius 3 is 2.40 bits per heavy atom. The molecule has 1 aliphatic rings. The van der Waals surface area contributed by atoms with Gasteiger partial charge in [-0.15, -0.1) is 0 Å². The van der Waals surface area contributed by atoms with Crippen LogP contribution < -0.4 is 0 Å². The van der Waals surface area contributed by atoms with Gasteiger partial charge in [0.1, 0.15) is 5.78 Å². The van der Waals surface area contributed by atoms with Gasteiger partial charge in [-0.1, -0.05) is 38.2 Å². The number of ketones is 1. The van der Waals surface area contributed by atoms with Crippen LogP contribution in [-0.2, 0) is 9.53 Å². The number of carbonyl (C=O) groups excluding carboxylic acids is 1. The molecule has 0 aromatic rings.